The quantitative estimate of drug-likeness (QED) is 0.664. The molecule has 0 bridgehead atoms. The number of carbonyl (C=O) groups is 1. The van der Waals surface area contributed by atoms with E-state index in [-0.39, 0.29) is 23.5 Å². The van der Waals surface area contributed by atoms with Crippen molar-refractivity contribution < 1.29 is 17.9 Å². The van der Waals surface area contributed by atoms with E-state index in [1.807, 2.05) is 38.1 Å². The van der Waals surface area contributed by atoms with Gasteiger partial charge in [-0.25, -0.2) is 13.1 Å². The van der Waals surface area contributed by atoms with Gasteiger partial charge in [0.1, 0.15) is 5.75 Å². The van der Waals surface area contributed by atoms with Crippen LogP contribution in [-0.2, 0) is 14.8 Å². The third-order valence-electron chi connectivity index (χ3n) is 4.33. The molecule has 7 heteroatoms. The summed E-state index contributed by atoms with van der Waals surface area (Å²) in [4.78, 5) is 12.2. The largest absolute Gasteiger partial charge is 0.484 e. The van der Waals surface area contributed by atoms with Gasteiger partial charge in [0.15, 0.2) is 6.61 Å². The molecule has 0 aromatic heterocycles. The van der Waals surface area contributed by atoms with Gasteiger partial charge in [-0.1, -0.05) is 32.9 Å². The molecule has 2 aromatic carbocycles. The molecule has 0 heterocycles. The van der Waals surface area contributed by atoms with E-state index in [0.717, 1.165) is 0 Å². The van der Waals surface area contributed by atoms with Crippen molar-refractivity contribution in [2.45, 2.75) is 51.0 Å². The van der Waals surface area contributed by atoms with E-state index >= 15 is 0 Å². The molecular weight excluding hydrogens is 376 g/mol. The highest BCUT2D eigenvalue weighted by molar-refractivity contribution is 7.89. The predicted octanol–water partition coefficient (Wildman–Crippen LogP) is 3.90. The van der Waals surface area contributed by atoms with Gasteiger partial charge in [0.25, 0.3) is 5.91 Å². The van der Waals surface area contributed by atoms with Gasteiger partial charge in [0.05, 0.1) is 4.90 Å². The van der Waals surface area contributed by atoms with Crippen molar-refractivity contribution in [3.05, 3.63) is 54.1 Å². The van der Waals surface area contributed by atoms with E-state index in [9.17, 15) is 13.2 Å². The summed E-state index contributed by atoms with van der Waals surface area (Å²) in [5, 5.41) is 2.69. The van der Waals surface area contributed by atoms with Crippen LogP contribution in [0.1, 0.15) is 45.6 Å². The van der Waals surface area contributed by atoms with Crippen LogP contribution in [0.5, 0.6) is 5.75 Å². The molecule has 0 spiro atoms. The number of amides is 1. The first-order valence-electron chi connectivity index (χ1n) is 9.36. The highest BCUT2D eigenvalue weighted by Crippen LogP contribution is 2.19. The fourth-order valence-electron chi connectivity index (χ4n) is 2.43. The number of hydrogen-bond acceptors (Lipinski definition) is 4. The minimum Gasteiger partial charge on any atom is -0.484 e. The van der Waals surface area contributed by atoms with Gasteiger partial charge in [-0.15, -0.1) is 0 Å². The molecule has 0 saturated heterocycles. The van der Waals surface area contributed by atoms with Gasteiger partial charge in [0, 0.05) is 11.7 Å². The van der Waals surface area contributed by atoms with Crippen molar-refractivity contribution in [3.8, 4) is 5.75 Å². The number of rotatable bonds is 9. The molecule has 0 aliphatic heterocycles. The number of benzene rings is 2. The van der Waals surface area contributed by atoms with E-state index in [2.05, 4.69) is 23.9 Å². The molecule has 0 aliphatic carbocycles. The van der Waals surface area contributed by atoms with Crippen molar-refractivity contribution >= 4 is 21.6 Å². The number of ether oxygens (including phenoxy) is 1. The molecule has 6 nitrogen and oxygen atoms in total. The molecule has 0 saturated carbocycles. The van der Waals surface area contributed by atoms with E-state index in [4.69, 9.17) is 4.74 Å². The van der Waals surface area contributed by atoms with E-state index in [1.165, 1.54) is 17.7 Å². The molecular formula is C21H28N2O4S. The van der Waals surface area contributed by atoms with Crippen molar-refractivity contribution in [2.24, 2.45) is 0 Å². The van der Waals surface area contributed by atoms with Gasteiger partial charge in [-0.3, -0.25) is 4.79 Å². The lowest BCUT2D eigenvalue weighted by Crippen LogP contribution is -2.31. The zero-order chi connectivity index (χ0) is 20.7. The van der Waals surface area contributed by atoms with Crippen LogP contribution >= 0.6 is 0 Å². The monoisotopic (exact) mass is 404 g/mol. The van der Waals surface area contributed by atoms with Crippen LogP contribution in [0.4, 0.5) is 5.69 Å². The van der Waals surface area contributed by atoms with Crippen LogP contribution in [0.3, 0.4) is 0 Å². The van der Waals surface area contributed by atoms with Crippen molar-refractivity contribution in [1.82, 2.24) is 4.72 Å². The number of sulfonamides is 1. The summed E-state index contributed by atoms with van der Waals surface area (Å²) in [7, 11) is -3.56. The second-order valence-corrected chi connectivity index (χ2v) is 8.73. The highest BCUT2D eigenvalue weighted by atomic mass is 32.2. The molecule has 0 fully saturated rings. The lowest BCUT2D eigenvalue weighted by atomic mass is 10.0. The molecule has 152 valence electrons. The molecule has 1 unspecified atom stereocenters. The fraction of sp³-hybridized carbons (Fsp3) is 0.381. The van der Waals surface area contributed by atoms with Crippen molar-refractivity contribution in [1.29, 1.82) is 0 Å². The van der Waals surface area contributed by atoms with E-state index in [0.29, 0.717) is 23.8 Å². The molecule has 2 rings (SSSR count). The second kappa shape index (κ2) is 9.71. The first-order chi connectivity index (χ1) is 13.2. The number of nitrogens with one attached hydrogen (secondary N) is 2. The molecule has 0 aliphatic rings. The molecule has 2 aromatic rings. The van der Waals surface area contributed by atoms with Crippen LogP contribution in [0.15, 0.2) is 53.4 Å². The van der Waals surface area contributed by atoms with E-state index in [1.54, 1.807) is 12.1 Å². The summed E-state index contributed by atoms with van der Waals surface area (Å²) >= 11 is 0. The van der Waals surface area contributed by atoms with Gasteiger partial charge >= 0.3 is 0 Å². The van der Waals surface area contributed by atoms with Gasteiger partial charge < -0.3 is 10.1 Å². The Labute approximate surface area is 167 Å². The Bertz CT molecular complexity index is 876. The van der Waals surface area contributed by atoms with Gasteiger partial charge in [-0.2, -0.15) is 0 Å². The first kappa shape index (κ1) is 21.9. The summed E-state index contributed by atoms with van der Waals surface area (Å²) in [5.74, 6) is 0.739. The fourth-order valence-corrected chi connectivity index (χ4v) is 3.76. The summed E-state index contributed by atoms with van der Waals surface area (Å²) in [6.45, 7) is 7.81. The maximum atomic E-state index is 12.2. The minimum atomic E-state index is -3.56. The topological polar surface area (TPSA) is 84.5 Å². The first-order valence-corrected chi connectivity index (χ1v) is 10.8. The van der Waals surface area contributed by atoms with Crippen molar-refractivity contribution in [3.63, 3.8) is 0 Å². The van der Waals surface area contributed by atoms with E-state index < -0.39 is 10.0 Å². The second-order valence-electron chi connectivity index (χ2n) is 7.02. The highest BCUT2D eigenvalue weighted by Gasteiger charge is 2.16. The smallest absolute Gasteiger partial charge is 0.262 e. The summed E-state index contributed by atoms with van der Waals surface area (Å²) < 4.78 is 32.6. The van der Waals surface area contributed by atoms with Gasteiger partial charge in [0.2, 0.25) is 10.0 Å². The third kappa shape index (κ3) is 6.35. The average Bonchev–Trinajstić information content (AvgIpc) is 2.66. The number of anilines is 1. The van der Waals surface area contributed by atoms with Crippen LogP contribution in [-0.4, -0.2) is 27.0 Å². The Hall–Kier alpha value is -2.38. The molecule has 1 atom stereocenters. The van der Waals surface area contributed by atoms with Crippen LogP contribution < -0.4 is 14.8 Å². The Balaban J connectivity index is 1.90. The summed E-state index contributed by atoms with van der Waals surface area (Å²) in [6, 6.07) is 13.5. The average molecular weight is 405 g/mol. The lowest BCUT2D eigenvalue weighted by molar-refractivity contribution is -0.118. The molecule has 1 amide bonds. The predicted molar refractivity (Wildman–Crippen MR) is 111 cm³/mol. The zero-order valence-corrected chi connectivity index (χ0v) is 17.5. The third-order valence-corrected chi connectivity index (χ3v) is 5.94. The molecule has 0 radical (unpaired) electrons. The Morgan fingerprint density at radius 3 is 2.14 bits per heavy atom. The number of hydrogen-bond donors (Lipinski definition) is 2. The SMILES string of the molecule is CCC(C)NS(=O)(=O)c1ccc(NC(=O)COc2ccc(C(C)C)cc2)cc1. The zero-order valence-electron chi connectivity index (χ0n) is 16.7. The number of carbonyl (C=O) groups excluding carboxylic acids is 1. The normalized spacial score (nSPS) is 12.6. The minimum absolute atomic E-state index is 0.128. The van der Waals surface area contributed by atoms with Crippen molar-refractivity contribution in [2.75, 3.05) is 11.9 Å². The van der Waals surface area contributed by atoms with Crippen LogP contribution in [0.25, 0.3) is 0 Å². The van der Waals surface area contributed by atoms with Crippen LogP contribution in [0, 0.1) is 0 Å². The molecule has 2 N–H and O–H groups in total. The standard InChI is InChI=1S/C21H28N2O4S/c1-5-16(4)23-28(25,26)20-12-8-18(9-13-20)22-21(24)14-27-19-10-6-17(7-11-19)15(2)3/h6-13,15-16,23H,5,14H2,1-4H3,(H,22,24). The lowest BCUT2D eigenvalue weighted by Gasteiger charge is -2.13. The van der Waals surface area contributed by atoms with Crippen LogP contribution in [0.2, 0.25) is 0 Å². The Kier molecular flexibility index (Phi) is 7.60. The summed E-state index contributed by atoms with van der Waals surface area (Å²) in [6.07, 6.45) is 0.702. The summed E-state index contributed by atoms with van der Waals surface area (Å²) in [5.41, 5.74) is 1.71. The van der Waals surface area contributed by atoms with Gasteiger partial charge in [-0.05, 0) is 61.2 Å². The Morgan fingerprint density at radius 1 is 1.00 bits per heavy atom. The molecule has 28 heavy (non-hydrogen) atoms. The maximum Gasteiger partial charge on any atom is 0.262 e. The Morgan fingerprint density at radius 2 is 1.61 bits per heavy atom. The maximum absolute atomic E-state index is 12.2.